The molecule has 4 nitrogen and oxygen atoms in total. The molecule has 0 saturated heterocycles. The second kappa shape index (κ2) is 12.6. The largest absolute Gasteiger partial charge is 0.487 e. The standard InChI is InChI=1S/C26H33N3O/c1-29-20-9-8-14-26(30-22-24-12-6-3-7-13-24)25(16-17-27-19-21-29)28-18-15-23-10-4-2-5-11-23/h2-8,10-14,16-17,27-28H,9,15,18-22H2,1H3/b14-8-,17-16+,26-25-. The number of nitrogens with zero attached hydrogens (tertiary/aromatic N) is 1. The van der Waals surface area contributed by atoms with Gasteiger partial charge in [-0.25, -0.2) is 0 Å². The lowest BCUT2D eigenvalue weighted by Gasteiger charge is -2.17. The van der Waals surface area contributed by atoms with Gasteiger partial charge in [0.05, 0.1) is 5.70 Å². The molecular weight excluding hydrogens is 370 g/mol. The Hall–Kier alpha value is -2.98. The van der Waals surface area contributed by atoms with Crippen molar-refractivity contribution in [3.63, 3.8) is 0 Å². The van der Waals surface area contributed by atoms with Gasteiger partial charge in [0.2, 0.25) is 0 Å². The number of hydrogen-bond acceptors (Lipinski definition) is 4. The number of nitrogens with one attached hydrogen (secondary N) is 2. The second-order valence-electron chi connectivity index (χ2n) is 7.50. The lowest BCUT2D eigenvalue weighted by molar-refractivity contribution is 0.206. The maximum absolute atomic E-state index is 6.25. The van der Waals surface area contributed by atoms with Crippen molar-refractivity contribution >= 4 is 0 Å². The highest BCUT2D eigenvalue weighted by atomic mass is 16.5. The highest BCUT2D eigenvalue weighted by Crippen LogP contribution is 2.13. The summed E-state index contributed by atoms with van der Waals surface area (Å²) in [5, 5.41) is 6.97. The molecule has 2 aromatic rings. The van der Waals surface area contributed by atoms with Gasteiger partial charge in [-0.1, -0.05) is 66.7 Å². The van der Waals surface area contributed by atoms with E-state index in [4.69, 9.17) is 4.74 Å². The molecule has 1 aliphatic rings. The number of ether oxygens (including phenoxy) is 1. The predicted molar refractivity (Wildman–Crippen MR) is 125 cm³/mol. The van der Waals surface area contributed by atoms with E-state index in [0.29, 0.717) is 6.61 Å². The summed E-state index contributed by atoms with van der Waals surface area (Å²) in [6.45, 7) is 4.37. The quantitative estimate of drug-likeness (QED) is 0.725. The molecule has 3 rings (SSSR count). The van der Waals surface area contributed by atoms with Crippen LogP contribution < -0.4 is 10.6 Å². The lowest BCUT2D eigenvalue weighted by Crippen LogP contribution is -2.28. The molecule has 2 N–H and O–H groups in total. The number of hydrogen-bond donors (Lipinski definition) is 2. The van der Waals surface area contributed by atoms with Gasteiger partial charge in [0.1, 0.15) is 12.4 Å². The van der Waals surface area contributed by atoms with Gasteiger partial charge in [0, 0.05) is 26.2 Å². The van der Waals surface area contributed by atoms with Crippen molar-refractivity contribution in [3.8, 4) is 0 Å². The van der Waals surface area contributed by atoms with E-state index in [1.54, 1.807) is 0 Å². The van der Waals surface area contributed by atoms with Gasteiger partial charge in [-0.3, -0.25) is 0 Å². The minimum Gasteiger partial charge on any atom is -0.487 e. The van der Waals surface area contributed by atoms with Crippen LogP contribution in [0.3, 0.4) is 0 Å². The Balaban J connectivity index is 1.74. The minimum absolute atomic E-state index is 0.547. The van der Waals surface area contributed by atoms with E-state index in [9.17, 15) is 0 Å². The van der Waals surface area contributed by atoms with Crippen LogP contribution in [0.1, 0.15) is 17.5 Å². The van der Waals surface area contributed by atoms with E-state index in [1.165, 1.54) is 5.56 Å². The normalized spacial score (nSPS) is 20.3. The van der Waals surface area contributed by atoms with E-state index in [-0.39, 0.29) is 0 Å². The maximum atomic E-state index is 6.25. The molecule has 0 spiro atoms. The summed E-state index contributed by atoms with van der Waals surface area (Å²) in [6.07, 6.45) is 10.4. The number of benzene rings is 2. The van der Waals surface area contributed by atoms with Crippen molar-refractivity contribution in [1.29, 1.82) is 0 Å². The van der Waals surface area contributed by atoms with Crippen molar-refractivity contribution in [2.45, 2.75) is 19.4 Å². The molecule has 1 aliphatic heterocycles. The first-order valence-corrected chi connectivity index (χ1v) is 10.7. The van der Waals surface area contributed by atoms with Crippen molar-refractivity contribution in [2.75, 3.05) is 33.2 Å². The van der Waals surface area contributed by atoms with Crippen LogP contribution in [0.5, 0.6) is 0 Å². The lowest BCUT2D eigenvalue weighted by atomic mass is 10.1. The van der Waals surface area contributed by atoms with Crippen molar-refractivity contribution in [2.24, 2.45) is 0 Å². The highest BCUT2D eigenvalue weighted by molar-refractivity contribution is 5.29. The van der Waals surface area contributed by atoms with Crippen LogP contribution in [0, 0.1) is 0 Å². The van der Waals surface area contributed by atoms with Crippen molar-refractivity contribution < 1.29 is 4.74 Å². The Kier molecular flexibility index (Phi) is 9.09. The molecule has 0 radical (unpaired) electrons. The number of rotatable bonds is 7. The molecular formula is C26H33N3O. The molecule has 0 aliphatic carbocycles. The van der Waals surface area contributed by atoms with Crippen molar-refractivity contribution in [3.05, 3.63) is 108 Å². The van der Waals surface area contributed by atoms with Crippen LogP contribution in [0.4, 0.5) is 0 Å². The van der Waals surface area contributed by atoms with E-state index in [1.807, 2.05) is 24.4 Å². The summed E-state index contributed by atoms with van der Waals surface area (Å²) < 4.78 is 6.25. The first kappa shape index (κ1) is 21.7. The van der Waals surface area contributed by atoms with Gasteiger partial charge < -0.3 is 20.3 Å². The first-order chi connectivity index (χ1) is 14.8. The Morgan fingerprint density at radius 2 is 1.67 bits per heavy atom. The molecule has 4 heteroatoms. The highest BCUT2D eigenvalue weighted by Gasteiger charge is 2.06. The van der Waals surface area contributed by atoms with Crippen LogP contribution in [0.2, 0.25) is 0 Å². The Morgan fingerprint density at radius 3 is 2.43 bits per heavy atom. The molecule has 0 aromatic heterocycles. The fourth-order valence-corrected chi connectivity index (χ4v) is 3.24. The van der Waals surface area contributed by atoms with Gasteiger partial charge in [-0.2, -0.15) is 0 Å². The fourth-order valence-electron chi connectivity index (χ4n) is 3.24. The number of allylic oxidation sites excluding steroid dienone is 2. The molecule has 158 valence electrons. The molecule has 30 heavy (non-hydrogen) atoms. The summed E-state index contributed by atoms with van der Waals surface area (Å²) >= 11 is 0. The Morgan fingerprint density at radius 1 is 0.933 bits per heavy atom. The Labute approximate surface area is 180 Å². The molecule has 0 fully saturated rings. The second-order valence-corrected chi connectivity index (χ2v) is 7.50. The third-order valence-electron chi connectivity index (χ3n) is 5.03. The zero-order chi connectivity index (χ0) is 20.9. The first-order valence-electron chi connectivity index (χ1n) is 10.7. The van der Waals surface area contributed by atoms with Crippen LogP contribution >= 0.6 is 0 Å². The van der Waals surface area contributed by atoms with Crippen LogP contribution in [-0.4, -0.2) is 38.1 Å². The summed E-state index contributed by atoms with van der Waals surface area (Å²) in [5.74, 6) is 0.869. The average molecular weight is 404 g/mol. The topological polar surface area (TPSA) is 36.5 Å². The molecule has 0 atom stereocenters. The zero-order valence-corrected chi connectivity index (χ0v) is 17.9. The van der Waals surface area contributed by atoms with Gasteiger partial charge in [-0.15, -0.1) is 0 Å². The van der Waals surface area contributed by atoms with Gasteiger partial charge in [0.15, 0.2) is 0 Å². The fraction of sp³-hybridized carbons (Fsp3) is 0.308. The Bertz CT molecular complexity index is 828. The number of likely N-dealkylation sites (N-methyl/N-ethyl adjacent to an activating group) is 1. The SMILES string of the molecule is CN1CC\C=C/C(OCc2ccccc2)=C(NCCc2ccccc2)\C=C\NCC1. The molecule has 1 heterocycles. The van der Waals surface area contributed by atoms with Crippen LogP contribution in [-0.2, 0) is 17.8 Å². The monoisotopic (exact) mass is 403 g/mol. The van der Waals surface area contributed by atoms with Gasteiger partial charge >= 0.3 is 0 Å². The van der Waals surface area contributed by atoms with Gasteiger partial charge in [0.25, 0.3) is 0 Å². The van der Waals surface area contributed by atoms with E-state index < -0.39 is 0 Å². The summed E-state index contributed by atoms with van der Waals surface area (Å²) in [7, 11) is 2.16. The molecule has 0 bridgehead atoms. The molecule has 2 aromatic carbocycles. The van der Waals surface area contributed by atoms with E-state index in [0.717, 1.165) is 56.0 Å². The maximum Gasteiger partial charge on any atom is 0.142 e. The third kappa shape index (κ3) is 7.80. The van der Waals surface area contributed by atoms with Crippen LogP contribution in [0.25, 0.3) is 0 Å². The summed E-state index contributed by atoms with van der Waals surface area (Å²) in [5.41, 5.74) is 3.49. The zero-order valence-electron chi connectivity index (χ0n) is 17.9. The smallest absolute Gasteiger partial charge is 0.142 e. The molecule has 0 saturated carbocycles. The average Bonchev–Trinajstić information content (AvgIpc) is 2.78. The third-order valence-corrected chi connectivity index (χ3v) is 5.03. The van der Waals surface area contributed by atoms with Gasteiger partial charge in [-0.05, 0) is 49.4 Å². The van der Waals surface area contributed by atoms with Crippen molar-refractivity contribution in [1.82, 2.24) is 15.5 Å². The van der Waals surface area contributed by atoms with Crippen LogP contribution in [0.15, 0.2) is 96.5 Å². The van der Waals surface area contributed by atoms with E-state index >= 15 is 0 Å². The van der Waals surface area contributed by atoms with E-state index in [2.05, 4.69) is 83.3 Å². The molecule has 0 amide bonds. The summed E-state index contributed by atoms with van der Waals surface area (Å²) in [6, 6.07) is 20.9. The summed E-state index contributed by atoms with van der Waals surface area (Å²) in [4.78, 5) is 2.33. The minimum atomic E-state index is 0.547. The predicted octanol–water partition coefficient (Wildman–Crippen LogP) is 4.24. The molecule has 0 unspecified atom stereocenters.